The van der Waals surface area contributed by atoms with Crippen molar-refractivity contribution in [1.82, 2.24) is 4.57 Å². The number of amidine groups is 1. The number of nitrogens with zero attached hydrogens (tertiary/aromatic N) is 2. The van der Waals surface area contributed by atoms with Crippen molar-refractivity contribution >= 4 is 23.2 Å². The maximum Gasteiger partial charge on any atom is 0.189 e. The first-order chi connectivity index (χ1) is 15.0. The maximum atomic E-state index is 13.2. The van der Waals surface area contributed by atoms with Crippen LogP contribution in [0, 0.1) is 0 Å². The van der Waals surface area contributed by atoms with Crippen LogP contribution in [0.2, 0.25) is 0 Å². The highest BCUT2D eigenvalue weighted by molar-refractivity contribution is 6.05. The molecule has 0 spiro atoms. The van der Waals surface area contributed by atoms with Crippen molar-refractivity contribution in [3.05, 3.63) is 102 Å². The van der Waals surface area contributed by atoms with Crippen LogP contribution in [0.3, 0.4) is 0 Å². The van der Waals surface area contributed by atoms with E-state index in [0.29, 0.717) is 28.7 Å². The molecule has 1 atom stereocenters. The number of aromatic nitrogens is 1. The molecule has 0 fully saturated rings. The summed E-state index contributed by atoms with van der Waals surface area (Å²) < 4.78 is 1.91. The second-order valence-corrected chi connectivity index (χ2v) is 6.77. The van der Waals surface area contributed by atoms with Crippen LogP contribution in [-0.2, 0) is 0 Å². The highest BCUT2D eigenvalue weighted by Gasteiger charge is 2.23. The predicted octanol–water partition coefficient (Wildman–Crippen LogP) is 4.60. The third-order valence-corrected chi connectivity index (χ3v) is 4.55. The van der Waals surface area contributed by atoms with E-state index in [4.69, 9.17) is 0 Å². The van der Waals surface area contributed by atoms with Crippen LogP contribution in [0.25, 0.3) is 5.70 Å². The molecule has 31 heavy (non-hydrogen) atoms. The maximum absolute atomic E-state index is 13.2. The predicted molar refractivity (Wildman–Crippen MR) is 133 cm³/mol. The van der Waals surface area contributed by atoms with E-state index < -0.39 is 0 Å². The van der Waals surface area contributed by atoms with Crippen LogP contribution in [0.4, 0.5) is 11.6 Å². The Bertz CT molecular complexity index is 1050. The van der Waals surface area contributed by atoms with Crippen molar-refractivity contribution in [2.45, 2.75) is 19.8 Å². The molecule has 2 heterocycles. The fourth-order valence-electron chi connectivity index (χ4n) is 3.24. The van der Waals surface area contributed by atoms with Crippen LogP contribution >= 0.6 is 0 Å². The molecule has 1 unspecified atom stereocenters. The van der Waals surface area contributed by atoms with Gasteiger partial charge in [-0.3, -0.25) is 14.4 Å². The number of nitrogens with one attached hydrogen (secondary N) is 2. The van der Waals surface area contributed by atoms with E-state index in [1.807, 2.05) is 48.8 Å². The van der Waals surface area contributed by atoms with Gasteiger partial charge >= 0.3 is 0 Å². The van der Waals surface area contributed by atoms with Crippen LogP contribution in [0.5, 0.6) is 0 Å². The van der Waals surface area contributed by atoms with E-state index in [0.717, 1.165) is 5.70 Å². The molecule has 0 saturated carbocycles. The molecular formula is C25H30N4O2. The van der Waals surface area contributed by atoms with Crippen molar-refractivity contribution < 1.29 is 5.11 Å². The van der Waals surface area contributed by atoms with Gasteiger partial charge in [-0.25, -0.2) is 0 Å². The monoisotopic (exact) mass is 418 g/mol. The molecule has 0 radical (unpaired) electrons. The lowest BCUT2D eigenvalue weighted by Crippen LogP contribution is -2.24. The molecule has 162 valence electrons. The second kappa shape index (κ2) is 11.5. The van der Waals surface area contributed by atoms with Gasteiger partial charge in [0.05, 0.1) is 13.2 Å². The van der Waals surface area contributed by atoms with E-state index in [9.17, 15) is 9.90 Å². The Hall–Kier alpha value is -3.64. The quantitative estimate of drug-likeness (QED) is 0.512. The van der Waals surface area contributed by atoms with Crippen molar-refractivity contribution in [3.8, 4) is 0 Å². The fraction of sp³-hybridized carbons (Fsp3) is 0.200. The average molecular weight is 419 g/mol. The molecule has 0 aliphatic carbocycles. The van der Waals surface area contributed by atoms with Gasteiger partial charge < -0.3 is 15.7 Å². The first kappa shape index (κ1) is 23.6. The van der Waals surface area contributed by atoms with Crippen molar-refractivity contribution in [2.75, 3.05) is 23.8 Å². The van der Waals surface area contributed by atoms with Crippen LogP contribution in [0.1, 0.15) is 25.3 Å². The Morgan fingerprint density at radius 1 is 1.32 bits per heavy atom. The third kappa shape index (κ3) is 5.71. The molecule has 1 aromatic rings. The lowest BCUT2D eigenvalue weighted by atomic mass is 10.0. The number of aliphatic hydroxyl groups is 1. The Morgan fingerprint density at radius 3 is 2.68 bits per heavy atom. The van der Waals surface area contributed by atoms with Gasteiger partial charge in [0.15, 0.2) is 5.43 Å². The molecule has 6 nitrogen and oxygen atoms in total. The number of allylic oxidation sites excluding steroid dienone is 9. The van der Waals surface area contributed by atoms with E-state index >= 15 is 0 Å². The molecule has 6 heteroatoms. The number of aliphatic hydroxyl groups excluding tert-OH is 1. The Kier molecular flexibility index (Phi) is 8.78. The van der Waals surface area contributed by atoms with Crippen LogP contribution in [-0.4, -0.2) is 28.7 Å². The highest BCUT2D eigenvalue weighted by atomic mass is 16.3. The van der Waals surface area contributed by atoms with E-state index in [2.05, 4.69) is 35.4 Å². The normalized spacial score (nSPS) is 17.8. The van der Waals surface area contributed by atoms with Crippen molar-refractivity contribution in [2.24, 2.45) is 4.99 Å². The van der Waals surface area contributed by atoms with Gasteiger partial charge in [0.1, 0.15) is 17.5 Å². The SMILES string of the molecule is C=C/C=C(\C=C)Nc1cc(=O)c2c(n1C(/C=C\C)=C/C=C)NC(=NCCO)C=CC2C. The standard InChI is InChI=1S/C25H30N4O2/c1-6-10-19(9-4)27-23-17-21(31)24-18(5)13-14-22(26-15-16-30)28-25(24)29(23)20(11-7-2)12-8-3/h6-14,17-18,27,30H,1-2,4,15-16H2,3,5H3,(H,26,28)/b12-8-,19-10+,20-11+. The summed E-state index contributed by atoms with van der Waals surface area (Å²) in [6.07, 6.45) is 16.2. The zero-order chi connectivity index (χ0) is 22.8. The first-order valence-corrected chi connectivity index (χ1v) is 10.1. The minimum atomic E-state index is -0.143. The Labute approximate surface area is 183 Å². The summed E-state index contributed by atoms with van der Waals surface area (Å²) in [5.41, 5.74) is 1.99. The highest BCUT2D eigenvalue weighted by Crippen LogP contribution is 2.32. The molecular weight excluding hydrogens is 388 g/mol. The average Bonchev–Trinajstić information content (AvgIpc) is 2.91. The molecule has 1 aliphatic rings. The minimum Gasteiger partial charge on any atom is -0.394 e. The molecule has 1 aliphatic heterocycles. The molecule has 3 N–H and O–H groups in total. The lowest BCUT2D eigenvalue weighted by molar-refractivity contribution is 0.307. The Morgan fingerprint density at radius 2 is 2.06 bits per heavy atom. The number of anilines is 2. The number of rotatable bonds is 9. The van der Waals surface area contributed by atoms with Crippen molar-refractivity contribution in [1.29, 1.82) is 0 Å². The number of pyridine rings is 1. The van der Waals surface area contributed by atoms with Gasteiger partial charge in [0.25, 0.3) is 0 Å². The smallest absolute Gasteiger partial charge is 0.189 e. The number of aliphatic imine (C=N–C) groups is 1. The van der Waals surface area contributed by atoms with Gasteiger partial charge in [-0.15, -0.1) is 0 Å². The van der Waals surface area contributed by atoms with E-state index in [1.165, 1.54) is 0 Å². The lowest BCUT2D eigenvalue weighted by Gasteiger charge is -2.24. The molecule has 1 aromatic heterocycles. The third-order valence-electron chi connectivity index (χ3n) is 4.55. The number of hydrogen-bond acceptors (Lipinski definition) is 4. The molecule has 0 saturated heterocycles. The zero-order valence-electron chi connectivity index (χ0n) is 18.1. The largest absolute Gasteiger partial charge is 0.394 e. The molecule has 0 bridgehead atoms. The summed E-state index contributed by atoms with van der Waals surface area (Å²) in [5.74, 6) is 1.56. The zero-order valence-corrected chi connectivity index (χ0v) is 18.1. The summed E-state index contributed by atoms with van der Waals surface area (Å²) in [5, 5.41) is 15.7. The summed E-state index contributed by atoms with van der Waals surface area (Å²) in [7, 11) is 0. The van der Waals surface area contributed by atoms with Gasteiger partial charge in [-0.05, 0) is 37.3 Å². The van der Waals surface area contributed by atoms with E-state index in [-0.39, 0.29) is 24.5 Å². The number of fused-ring (bicyclic) bond motifs is 1. The van der Waals surface area contributed by atoms with Gasteiger partial charge in [0, 0.05) is 28.9 Å². The summed E-state index contributed by atoms with van der Waals surface area (Å²) in [4.78, 5) is 17.5. The summed E-state index contributed by atoms with van der Waals surface area (Å²) >= 11 is 0. The molecule has 0 amide bonds. The fourth-order valence-corrected chi connectivity index (χ4v) is 3.24. The minimum absolute atomic E-state index is 0.0644. The molecule has 0 aromatic carbocycles. The van der Waals surface area contributed by atoms with E-state index in [1.54, 1.807) is 30.4 Å². The Balaban J connectivity index is 2.89. The first-order valence-electron chi connectivity index (χ1n) is 10.1. The van der Waals surface area contributed by atoms with Gasteiger partial charge in [0.2, 0.25) is 0 Å². The van der Waals surface area contributed by atoms with Gasteiger partial charge in [-0.2, -0.15) is 0 Å². The number of hydrogen-bond donors (Lipinski definition) is 3. The summed E-state index contributed by atoms with van der Waals surface area (Å²) in [6.45, 7) is 15.5. The summed E-state index contributed by atoms with van der Waals surface area (Å²) in [6, 6.07) is 1.57. The second-order valence-electron chi connectivity index (χ2n) is 6.77. The van der Waals surface area contributed by atoms with Crippen LogP contribution < -0.4 is 16.1 Å². The topological polar surface area (TPSA) is 78.7 Å². The van der Waals surface area contributed by atoms with Crippen LogP contribution in [0.15, 0.2) is 96.0 Å². The van der Waals surface area contributed by atoms with Gasteiger partial charge in [-0.1, -0.05) is 51.0 Å². The molecule has 2 rings (SSSR count). The van der Waals surface area contributed by atoms with Crippen molar-refractivity contribution in [3.63, 3.8) is 0 Å².